The second-order valence-electron chi connectivity index (χ2n) is 9.67. The van der Waals surface area contributed by atoms with Crippen LogP contribution < -0.4 is 0 Å². The van der Waals surface area contributed by atoms with Crippen molar-refractivity contribution >= 4 is 0 Å². The maximum absolute atomic E-state index is 1.60. The summed E-state index contributed by atoms with van der Waals surface area (Å²) in [6.45, 7) is 0. The van der Waals surface area contributed by atoms with Gasteiger partial charge in [0.15, 0.2) is 0 Å². The standard InChI is InChI=1S/C12H22.C10H16/c1-3-7-11(8-4-1)12-9-5-2-6-10-12;1-7-2-9-4-8(1)5-10(3-7)6-9/h11-12H,1-10H2;7-10H,1-6H2. The second kappa shape index (κ2) is 7.27. The minimum Gasteiger partial charge on any atom is -0.0533 e. The maximum Gasteiger partial charge on any atom is -0.0386 e. The summed E-state index contributed by atoms with van der Waals surface area (Å²) in [5.41, 5.74) is 0. The molecule has 0 unspecified atom stereocenters. The van der Waals surface area contributed by atoms with Crippen molar-refractivity contribution in [3.05, 3.63) is 0 Å². The minimum atomic E-state index is 1.14. The fourth-order valence-corrected chi connectivity index (χ4v) is 7.19. The third-order valence-corrected chi connectivity index (χ3v) is 7.97. The molecule has 0 saturated heterocycles. The Hall–Kier alpha value is 0. The molecule has 0 heteroatoms. The summed E-state index contributed by atoms with van der Waals surface area (Å²) in [4.78, 5) is 0. The van der Waals surface area contributed by atoms with E-state index in [0.717, 1.165) is 11.8 Å². The van der Waals surface area contributed by atoms with Crippen molar-refractivity contribution < 1.29 is 0 Å². The topological polar surface area (TPSA) is 0 Å². The molecule has 0 aromatic carbocycles. The summed E-state index contributed by atoms with van der Waals surface area (Å²) < 4.78 is 0. The predicted octanol–water partition coefficient (Wildman–Crippen LogP) is 6.98. The Morgan fingerprint density at radius 2 is 0.591 bits per heavy atom. The van der Waals surface area contributed by atoms with Crippen LogP contribution >= 0.6 is 0 Å². The van der Waals surface area contributed by atoms with Crippen LogP contribution in [0.3, 0.4) is 0 Å². The van der Waals surface area contributed by atoms with Crippen LogP contribution in [0.2, 0.25) is 0 Å². The lowest BCUT2D eigenvalue weighted by Crippen LogP contribution is -2.38. The molecule has 0 spiro atoms. The first-order valence-corrected chi connectivity index (χ1v) is 10.9. The predicted molar refractivity (Wildman–Crippen MR) is 94.8 cm³/mol. The highest BCUT2D eigenvalue weighted by Crippen LogP contribution is 2.53. The highest BCUT2D eigenvalue weighted by atomic mass is 14.5. The molecule has 0 nitrogen and oxygen atoms in total. The highest BCUT2D eigenvalue weighted by molar-refractivity contribution is 4.92. The van der Waals surface area contributed by atoms with Crippen molar-refractivity contribution in [2.45, 2.75) is 103 Å². The van der Waals surface area contributed by atoms with Crippen molar-refractivity contribution in [2.75, 3.05) is 0 Å². The van der Waals surface area contributed by atoms with E-state index in [1.807, 2.05) is 0 Å². The minimum absolute atomic E-state index is 1.14. The summed E-state index contributed by atoms with van der Waals surface area (Å²) in [5, 5.41) is 0. The van der Waals surface area contributed by atoms with Crippen molar-refractivity contribution in [3.8, 4) is 0 Å². The Kier molecular flexibility index (Phi) is 5.13. The fraction of sp³-hybridized carbons (Fsp3) is 1.00. The van der Waals surface area contributed by atoms with Crippen molar-refractivity contribution in [1.82, 2.24) is 0 Å². The molecule has 6 aliphatic rings. The molecular formula is C22H38. The van der Waals surface area contributed by atoms with Gasteiger partial charge >= 0.3 is 0 Å². The Balaban J connectivity index is 0.000000115. The average molecular weight is 303 g/mol. The molecular weight excluding hydrogens is 264 g/mol. The van der Waals surface area contributed by atoms with Crippen molar-refractivity contribution in [3.63, 3.8) is 0 Å². The first-order valence-electron chi connectivity index (χ1n) is 10.9. The van der Waals surface area contributed by atoms with Gasteiger partial charge in [0, 0.05) is 0 Å². The molecule has 0 amide bonds. The number of rotatable bonds is 1. The Bertz CT molecular complexity index is 259. The zero-order valence-electron chi connectivity index (χ0n) is 14.8. The molecule has 4 bridgehead atoms. The lowest BCUT2D eigenvalue weighted by atomic mass is 9.56. The van der Waals surface area contributed by atoms with Crippen LogP contribution in [-0.2, 0) is 0 Å². The third-order valence-electron chi connectivity index (χ3n) is 7.97. The van der Waals surface area contributed by atoms with Gasteiger partial charge < -0.3 is 0 Å². The summed E-state index contributed by atoms with van der Waals surface area (Å²) in [6.07, 6.45) is 25.0. The monoisotopic (exact) mass is 302 g/mol. The second-order valence-corrected chi connectivity index (χ2v) is 9.67. The van der Waals surface area contributed by atoms with Gasteiger partial charge in [-0.2, -0.15) is 0 Å². The number of hydrogen-bond acceptors (Lipinski definition) is 0. The fourth-order valence-electron chi connectivity index (χ4n) is 7.19. The molecule has 0 aliphatic heterocycles. The quantitative estimate of drug-likeness (QED) is 0.490. The van der Waals surface area contributed by atoms with Crippen LogP contribution in [0.25, 0.3) is 0 Å². The summed E-state index contributed by atoms with van der Waals surface area (Å²) in [7, 11) is 0. The molecule has 6 saturated carbocycles. The van der Waals surface area contributed by atoms with Gasteiger partial charge in [-0.1, -0.05) is 64.2 Å². The molecule has 0 atom stereocenters. The largest absolute Gasteiger partial charge is 0.0533 e. The Labute approximate surface area is 138 Å². The molecule has 22 heavy (non-hydrogen) atoms. The molecule has 0 heterocycles. The van der Waals surface area contributed by atoms with Crippen LogP contribution in [0.5, 0.6) is 0 Å². The first-order chi connectivity index (χ1) is 10.9. The highest BCUT2D eigenvalue weighted by Gasteiger charge is 2.41. The van der Waals surface area contributed by atoms with E-state index in [2.05, 4.69) is 0 Å². The Morgan fingerprint density at radius 3 is 0.864 bits per heavy atom. The SMILES string of the molecule is C1C2CC3CC1CC(C2)C3.C1CCC(C2CCCCC2)CC1. The maximum atomic E-state index is 1.60. The molecule has 6 fully saturated rings. The normalized spacial score (nSPS) is 42.0. The van der Waals surface area contributed by atoms with Crippen LogP contribution in [-0.4, -0.2) is 0 Å². The lowest BCUT2D eigenvalue weighted by Gasteiger charge is -2.49. The van der Waals surface area contributed by atoms with Crippen molar-refractivity contribution in [2.24, 2.45) is 35.5 Å². The van der Waals surface area contributed by atoms with Gasteiger partial charge in [0.25, 0.3) is 0 Å². The zero-order chi connectivity index (χ0) is 14.8. The van der Waals surface area contributed by atoms with Gasteiger partial charge in [-0.05, 0) is 74.0 Å². The smallest absolute Gasteiger partial charge is 0.0386 e. The summed E-state index contributed by atoms with van der Waals surface area (Å²) in [5.74, 6) is 6.98. The van der Waals surface area contributed by atoms with E-state index in [9.17, 15) is 0 Å². The molecule has 0 radical (unpaired) electrons. The van der Waals surface area contributed by atoms with E-state index < -0.39 is 0 Å². The van der Waals surface area contributed by atoms with Gasteiger partial charge in [0.2, 0.25) is 0 Å². The zero-order valence-corrected chi connectivity index (χ0v) is 14.8. The van der Waals surface area contributed by atoms with E-state index in [0.29, 0.717) is 0 Å². The third kappa shape index (κ3) is 3.73. The van der Waals surface area contributed by atoms with E-state index in [1.54, 1.807) is 64.2 Å². The lowest BCUT2D eigenvalue weighted by molar-refractivity contribution is 0.0198. The number of hydrogen-bond donors (Lipinski definition) is 0. The molecule has 126 valence electrons. The van der Waals surface area contributed by atoms with Gasteiger partial charge in [-0.15, -0.1) is 0 Å². The van der Waals surface area contributed by atoms with E-state index >= 15 is 0 Å². The summed E-state index contributed by atoms with van der Waals surface area (Å²) in [6, 6.07) is 0. The van der Waals surface area contributed by atoms with Crippen molar-refractivity contribution in [1.29, 1.82) is 0 Å². The van der Waals surface area contributed by atoms with Gasteiger partial charge in [0.05, 0.1) is 0 Å². The van der Waals surface area contributed by atoms with Crippen LogP contribution in [0.4, 0.5) is 0 Å². The van der Waals surface area contributed by atoms with Crippen LogP contribution in [0, 0.1) is 35.5 Å². The van der Waals surface area contributed by atoms with Gasteiger partial charge in [0.1, 0.15) is 0 Å². The summed E-state index contributed by atoms with van der Waals surface area (Å²) >= 11 is 0. The van der Waals surface area contributed by atoms with E-state index in [1.165, 1.54) is 62.2 Å². The van der Waals surface area contributed by atoms with E-state index in [-0.39, 0.29) is 0 Å². The Morgan fingerprint density at radius 1 is 0.318 bits per heavy atom. The molecule has 6 rings (SSSR count). The average Bonchev–Trinajstić information content (AvgIpc) is 2.56. The van der Waals surface area contributed by atoms with E-state index in [4.69, 9.17) is 0 Å². The van der Waals surface area contributed by atoms with Gasteiger partial charge in [-0.25, -0.2) is 0 Å². The molecule has 0 aromatic heterocycles. The first kappa shape index (κ1) is 15.5. The molecule has 0 N–H and O–H groups in total. The van der Waals surface area contributed by atoms with Gasteiger partial charge in [-0.3, -0.25) is 0 Å². The van der Waals surface area contributed by atoms with Crippen LogP contribution in [0.1, 0.15) is 103 Å². The van der Waals surface area contributed by atoms with Crippen LogP contribution in [0.15, 0.2) is 0 Å². The molecule has 6 aliphatic carbocycles. The molecule has 0 aromatic rings.